The number of hydrogen-bond donors (Lipinski definition) is 3. The topological polar surface area (TPSA) is 78.4 Å². The van der Waals surface area contributed by atoms with Gasteiger partial charge in [0, 0.05) is 5.69 Å². The summed E-state index contributed by atoms with van der Waals surface area (Å²) in [7, 11) is 0. The summed E-state index contributed by atoms with van der Waals surface area (Å²) in [6.07, 6.45) is -3.90. The number of urea groups is 1. The molecule has 0 atom stereocenters. The van der Waals surface area contributed by atoms with Gasteiger partial charge in [0.15, 0.2) is 0 Å². The average molecular weight is 329 g/mol. The summed E-state index contributed by atoms with van der Waals surface area (Å²) in [5.74, 6) is -5.63. The van der Waals surface area contributed by atoms with E-state index in [2.05, 4.69) is 5.32 Å². The maximum atomic E-state index is 12.6. The molecule has 1 aromatic rings. The third-order valence-corrected chi connectivity index (χ3v) is 2.57. The van der Waals surface area contributed by atoms with Gasteiger partial charge in [0.2, 0.25) is 0 Å². The zero-order valence-electron chi connectivity index (χ0n) is 10.2. The highest BCUT2D eigenvalue weighted by Gasteiger charge is 2.40. The predicted octanol–water partition coefficient (Wildman–Crippen LogP) is 3.06. The third-order valence-electron chi connectivity index (χ3n) is 2.26. The van der Waals surface area contributed by atoms with Crippen LogP contribution >= 0.6 is 11.6 Å². The molecule has 0 saturated heterocycles. The van der Waals surface area contributed by atoms with E-state index in [-0.39, 0.29) is 16.3 Å². The molecule has 1 aromatic carbocycles. The number of halogens is 5. The smallest absolute Gasteiger partial charge is 0.337 e. The number of carboxylic acid groups (broad SMARTS) is 1. The maximum absolute atomic E-state index is 12.6. The Balaban J connectivity index is 2.64. The summed E-state index contributed by atoms with van der Waals surface area (Å²) in [6.45, 7) is -1.54. The zero-order valence-corrected chi connectivity index (χ0v) is 10.9. The fourth-order valence-corrected chi connectivity index (χ4v) is 1.48. The third kappa shape index (κ3) is 4.78. The van der Waals surface area contributed by atoms with Crippen molar-refractivity contribution in [2.45, 2.75) is 12.3 Å². The Morgan fingerprint density at radius 2 is 1.95 bits per heavy atom. The lowest BCUT2D eigenvalue weighted by Gasteiger charge is -2.16. The highest BCUT2D eigenvalue weighted by Crippen LogP contribution is 2.22. The number of nitrogens with one attached hydrogen (secondary N) is 2. The largest absolute Gasteiger partial charge is 0.478 e. The number of carbonyl (C=O) groups is 2. The number of carbonyl (C=O) groups excluding carboxylic acids is 1. The van der Waals surface area contributed by atoms with Gasteiger partial charge in [0.05, 0.1) is 17.1 Å². The molecule has 116 valence electrons. The van der Waals surface area contributed by atoms with E-state index in [4.69, 9.17) is 16.7 Å². The van der Waals surface area contributed by atoms with Crippen LogP contribution in [0.5, 0.6) is 0 Å². The van der Waals surface area contributed by atoms with Crippen LogP contribution in [0, 0.1) is 0 Å². The SMILES string of the molecule is O=C(NCC(F)(F)C(F)F)Nc1ccc(C(=O)O)c(Cl)c1. The Labute approximate surface area is 120 Å². The van der Waals surface area contributed by atoms with Gasteiger partial charge in [0.25, 0.3) is 0 Å². The van der Waals surface area contributed by atoms with Gasteiger partial charge in [-0.1, -0.05) is 11.6 Å². The van der Waals surface area contributed by atoms with Crippen molar-refractivity contribution in [2.75, 3.05) is 11.9 Å². The van der Waals surface area contributed by atoms with Gasteiger partial charge < -0.3 is 15.7 Å². The minimum atomic E-state index is -4.35. The number of amides is 2. The molecule has 10 heteroatoms. The summed E-state index contributed by atoms with van der Waals surface area (Å²) in [6, 6.07) is 2.18. The van der Waals surface area contributed by atoms with Crippen molar-refractivity contribution in [3.8, 4) is 0 Å². The first kappa shape index (κ1) is 17.0. The lowest BCUT2D eigenvalue weighted by molar-refractivity contribution is -0.123. The molecule has 0 aliphatic carbocycles. The fraction of sp³-hybridized carbons (Fsp3) is 0.273. The molecule has 0 bridgehead atoms. The standard InChI is InChI=1S/C11H9ClF4N2O3/c12-7-3-5(1-2-6(7)8(19)20)18-10(21)17-4-11(15,16)9(13)14/h1-3,9H,4H2,(H,19,20)(H2,17,18,21). The van der Waals surface area contributed by atoms with Crippen molar-refractivity contribution in [3.05, 3.63) is 28.8 Å². The van der Waals surface area contributed by atoms with Crippen LogP contribution in [0.2, 0.25) is 5.02 Å². The summed E-state index contributed by atoms with van der Waals surface area (Å²) in [4.78, 5) is 21.9. The van der Waals surface area contributed by atoms with E-state index in [9.17, 15) is 27.2 Å². The Morgan fingerprint density at radius 1 is 1.33 bits per heavy atom. The quantitative estimate of drug-likeness (QED) is 0.727. The molecule has 21 heavy (non-hydrogen) atoms. The molecule has 3 N–H and O–H groups in total. The number of benzene rings is 1. The van der Waals surface area contributed by atoms with Crippen LogP contribution in [0.3, 0.4) is 0 Å². The van der Waals surface area contributed by atoms with Gasteiger partial charge in [-0.25, -0.2) is 18.4 Å². The molecule has 0 saturated carbocycles. The first-order valence-corrected chi connectivity index (χ1v) is 5.75. The molecule has 2 amide bonds. The summed E-state index contributed by atoms with van der Waals surface area (Å²) in [5, 5.41) is 12.2. The van der Waals surface area contributed by atoms with Crippen LogP contribution in [0.25, 0.3) is 0 Å². The molecule has 1 rings (SSSR count). The second-order valence-corrected chi connectivity index (χ2v) is 4.28. The first-order valence-electron chi connectivity index (χ1n) is 5.37. The van der Waals surface area contributed by atoms with Gasteiger partial charge in [-0.3, -0.25) is 0 Å². The molecule has 0 aromatic heterocycles. The summed E-state index contributed by atoms with van der Waals surface area (Å²) >= 11 is 5.63. The number of aromatic carboxylic acids is 1. The summed E-state index contributed by atoms with van der Waals surface area (Å²) in [5.41, 5.74) is -0.199. The van der Waals surface area contributed by atoms with Crippen LogP contribution in [0.1, 0.15) is 10.4 Å². The Morgan fingerprint density at radius 3 is 2.43 bits per heavy atom. The molecular weight excluding hydrogens is 320 g/mol. The second-order valence-electron chi connectivity index (χ2n) is 3.87. The lowest BCUT2D eigenvalue weighted by atomic mass is 10.2. The molecular formula is C11H9ClF4N2O3. The number of hydrogen-bond acceptors (Lipinski definition) is 2. The van der Waals surface area contributed by atoms with Crippen LogP contribution in [-0.4, -0.2) is 36.0 Å². The minimum Gasteiger partial charge on any atom is -0.478 e. The molecule has 0 heterocycles. The second kappa shape index (κ2) is 6.61. The Bertz CT molecular complexity index is 554. The highest BCUT2D eigenvalue weighted by atomic mass is 35.5. The van der Waals surface area contributed by atoms with Crippen molar-refractivity contribution in [3.63, 3.8) is 0 Å². The lowest BCUT2D eigenvalue weighted by Crippen LogP contribution is -2.42. The van der Waals surface area contributed by atoms with Crippen LogP contribution in [-0.2, 0) is 0 Å². The predicted molar refractivity (Wildman–Crippen MR) is 66.4 cm³/mol. The Kier molecular flexibility index (Phi) is 5.36. The van der Waals surface area contributed by atoms with Gasteiger partial charge in [-0.15, -0.1) is 0 Å². The molecule has 0 aliphatic rings. The van der Waals surface area contributed by atoms with E-state index < -0.39 is 30.9 Å². The maximum Gasteiger partial charge on any atom is 0.337 e. The number of anilines is 1. The van der Waals surface area contributed by atoms with Gasteiger partial charge in [-0.2, -0.15) is 8.78 Å². The van der Waals surface area contributed by atoms with Crippen molar-refractivity contribution in [1.29, 1.82) is 0 Å². The van der Waals surface area contributed by atoms with Crippen molar-refractivity contribution < 1.29 is 32.3 Å². The highest BCUT2D eigenvalue weighted by molar-refractivity contribution is 6.33. The average Bonchev–Trinajstić information content (AvgIpc) is 2.36. The molecule has 0 fully saturated rings. The van der Waals surface area contributed by atoms with Crippen LogP contribution in [0.15, 0.2) is 18.2 Å². The van der Waals surface area contributed by atoms with Crippen molar-refractivity contribution in [1.82, 2.24) is 5.32 Å². The van der Waals surface area contributed by atoms with Crippen LogP contribution in [0.4, 0.5) is 28.0 Å². The van der Waals surface area contributed by atoms with Gasteiger partial charge in [0.1, 0.15) is 0 Å². The molecule has 0 radical (unpaired) electrons. The molecule has 0 spiro atoms. The Hall–Kier alpha value is -2.03. The number of rotatable bonds is 5. The molecule has 5 nitrogen and oxygen atoms in total. The van der Waals surface area contributed by atoms with Crippen LogP contribution < -0.4 is 10.6 Å². The van der Waals surface area contributed by atoms with E-state index in [0.29, 0.717) is 0 Å². The van der Waals surface area contributed by atoms with E-state index in [1.807, 2.05) is 0 Å². The first-order chi connectivity index (χ1) is 9.63. The van der Waals surface area contributed by atoms with Gasteiger partial charge in [-0.05, 0) is 18.2 Å². The molecule has 0 aliphatic heterocycles. The molecule has 0 unspecified atom stereocenters. The number of alkyl halides is 4. The monoisotopic (exact) mass is 328 g/mol. The van der Waals surface area contributed by atoms with Gasteiger partial charge >= 0.3 is 24.3 Å². The fourth-order valence-electron chi connectivity index (χ4n) is 1.22. The van der Waals surface area contributed by atoms with Crippen molar-refractivity contribution in [2.24, 2.45) is 0 Å². The normalized spacial score (nSPS) is 11.3. The zero-order chi connectivity index (χ0) is 16.2. The summed E-state index contributed by atoms with van der Waals surface area (Å²) < 4.78 is 48.9. The minimum absolute atomic E-state index is 0.0165. The number of carboxylic acids is 1. The van der Waals surface area contributed by atoms with E-state index >= 15 is 0 Å². The van der Waals surface area contributed by atoms with Crippen molar-refractivity contribution >= 4 is 29.3 Å². The van der Waals surface area contributed by atoms with E-state index in [0.717, 1.165) is 12.1 Å². The van der Waals surface area contributed by atoms with E-state index in [1.165, 1.54) is 6.07 Å². The van der Waals surface area contributed by atoms with E-state index in [1.54, 1.807) is 5.32 Å².